The lowest BCUT2D eigenvalue weighted by molar-refractivity contribution is -0.119. The number of benzene rings is 3. The van der Waals surface area contributed by atoms with Crippen molar-refractivity contribution in [1.29, 1.82) is 0 Å². The van der Waals surface area contributed by atoms with Crippen LogP contribution >= 0.6 is 11.6 Å². The molecule has 2 heterocycles. The number of rotatable bonds is 5. The first kappa shape index (κ1) is 24.5. The monoisotopic (exact) mass is 502 g/mol. The first-order valence-electron chi connectivity index (χ1n) is 12.4. The van der Waals surface area contributed by atoms with Gasteiger partial charge in [-0.05, 0) is 54.1 Å². The summed E-state index contributed by atoms with van der Waals surface area (Å²) in [7, 11) is 2.17. The van der Waals surface area contributed by atoms with Crippen molar-refractivity contribution in [2.75, 3.05) is 44.7 Å². The van der Waals surface area contributed by atoms with Gasteiger partial charge in [-0.3, -0.25) is 14.5 Å². The minimum atomic E-state index is -0.176. The summed E-state index contributed by atoms with van der Waals surface area (Å²) in [5.74, 6) is -0.270. The third-order valence-electron chi connectivity index (χ3n) is 7.01. The van der Waals surface area contributed by atoms with Crippen molar-refractivity contribution in [3.05, 3.63) is 100 Å². The maximum atomic E-state index is 13.4. The number of carbonyl (C=O) groups excluding carboxylic acids is 2. The van der Waals surface area contributed by atoms with Crippen molar-refractivity contribution in [3.8, 4) is 0 Å². The van der Waals surface area contributed by atoms with Crippen LogP contribution in [0.5, 0.6) is 0 Å². The Morgan fingerprint density at radius 1 is 0.806 bits per heavy atom. The maximum Gasteiger partial charge on any atom is 0.254 e. The summed E-state index contributed by atoms with van der Waals surface area (Å²) < 4.78 is 0. The van der Waals surface area contributed by atoms with Crippen molar-refractivity contribution in [1.82, 2.24) is 14.7 Å². The molecule has 0 bridgehead atoms. The first-order valence-corrected chi connectivity index (χ1v) is 12.8. The molecule has 1 fully saturated rings. The minimum absolute atomic E-state index is 0.0254. The van der Waals surface area contributed by atoms with Gasteiger partial charge in [-0.25, -0.2) is 0 Å². The minimum Gasteiger partial charge on any atom is -0.325 e. The van der Waals surface area contributed by atoms with E-state index < -0.39 is 0 Å². The maximum absolute atomic E-state index is 13.4. The Morgan fingerprint density at radius 3 is 2.14 bits per heavy atom. The summed E-state index contributed by atoms with van der Waals surface area (Å²) >= 11 is 5.99. The number of halogens is 1. The fraction of sp³-hybridized carbons (Fsp3) is 0.310. The molecule has 1 saturated heterocycles. The van der Waals surface area contributed by atoms with Crippen LogP contribution in [0.1, 0.15) is 27.0 Å². The predicted octanol–water partition coefficient (Wildman–Crippen LogP) is 4.28. The second-order valence-corrected chi connectivity index (χ2v) is 10.1. The number of hydrogen-bond acceptors (Lipinski definition) is 4. The number of nitrogens with zero attached hydrogens (tertiary/aromatic N) is 4. The van der Waals surface area contributed by atoms with Crippen LogP contribution in [-0.4, -0.2) is 66.3 Å². The molecule has 0 aromatic heterocycles. The van der Waals surface area contributed by atoms with E-state index in [4.69, 9.17) is 11.6 Å². The smallest absolute Gasteiger partial charge is 0.254 e. The van der Waals surface area contributed by atoms with Crippen molar-refractivity contribution in [2.45, 2.75) is 19.6 Å². The highest BCUT2D eigenvalue weighted by molar-refractivity contribution is 6.30. The zero-order chi connectivity index (χ0) is 25.1. The van der Waals surface area contributed by atoms with E-state index in [1.807, 2.05) is 24.3 Å². The molecule has 0 radical (unpaired) electrons. The lowest BCUT2D eigenvalue weighted by Crippen LogP contribution is -2.43. The van der Waals surface area contributed by atoms with E-state index in [1.54, 1.807) is 34.1 Å². The number of para-hydroxylation sites is 1. The molecule has 0 atom stereocenters. The highest BCUT2D eigenvalue weighted by Gasteiger charge is 2.29. The van der Waals surface area contributed by atoms with Crippen molar-refractivity contribution in [3.63, 3.8) is 0 Å². The number of piperazine rings is 1. The van der Waals surface area contributed by atoms with Gasteiger partial charge in [0, 0.05) is 55.5 Å². The Labute approximate surface area is 217 Å². The average Bonchev–Trinajstić information content (AvgIpc) is 3.03. The van der Waals surface area contributed by atoms with Gasteiger partial charge in [0.25, 0.3) is 5.91 Å². The zero-order valence-corrected chi connectivity index (χ0v) is 21.3. The molecule has 2 aliphatic heterocycles. The first-order chi connectivity index (χ1) is 17.5. The molecule has 0 spiro atoms. The second kappa shape index (κ2) is 10.8. The van der Waals surface area contributed by atoms with Crippen LogP contribution in [0.2, 0.25) is 5.02 Å². The highest BCUT2D eigenvalue weighted by Crippen LogP contribution is 2.28. The molecule has 7 heteroatoms. The number of hydrogen-bond donors (Lipinski definition) is 0. The molecule has 6 nitrogen and oxygen atoms in total. The van der Waals surface area contributed by atoms with Gasteiger partial charge in [-0.2, -0.15) is 0 Å². The quantitative estimate of drug-likeness (QED) is 0.522. The van der Waals surface area contributed by atoms with Gasteiger partial charge < -0.3 is 14.7 Å². The van der Waals surface area contributed by atoms with Crippen molar-refractivity contribution >= 4 is 29.1 Å². The van der Waals surface area contributed by atoms with E-state index in [0.29, 0.717) is 23.7 Å². The van der Waals surface area contributed by atoms with E-state index in [9.17, 15) is 9.59 Å². The number of carbonyl (C=O) groups is 2. The summed E-state index contributed by atoms with van der Waals surface area (Å²) in [6.07, 6.45) is 0. The van der Waals surface area contributed by atoms with Gasteiger partial charge in [-0.1, -0.05) is 54.1 Å². The largest absolute Gasteiger partial charge is 0.325 e. The molecular weight excluding hydrogens is 472 g/mol. The highest BCUT2D eigenvalue weighted by atomic mass is 35.5. The van der Waals surface area contributed by atoms with Crippen LogP contribution < -0.4 is 4.90 Å². The molecular formula is C29H31ClN4O2. The van der Waals surface area contributed by atoms with E-state index >= 15 is 0 Å². The molecule has 0 aliphatic carbocycles. The summed E-state index contributed by atoms with van der Waals surface area (Å²) in [5.41, 5.74) is 4.69. The van der Waals surface area contributed by atoms with Crippen molar-refractivity contribution < 1.29 is 9.59 Å². The average molecular weight is 503 g/mol. The molecule has 186 valence electrons. The Bertz CT molecular complexity index is 1220. The van der Waals surface area contributed by atoms with Crippen LogP contribution in [0.3, 0.4) is 0 Å². The predicted molar refractivity (Wildman–Crippen MR) is 143 cm³/mol. The van der Waals surface area contributed by atoms with Gasteiger partial charge in [0.15, 0.2) is 0 Å². The van der Waals surface area contributed by atoms with Gasteiger partial charge in [0.05, 0.1) is 6.54 Å². The summed E-state index contributed by atoms with van der Waals surface area (Å²) in [5, 5.41) is 0.574. The topological polar surface area (TPSA) is 47.1 Å². The normalized spacial score (nSPS) is 17.1. The van der Waals surface area contributed by atoms with Crippen LogP contribution in [0.4, 0.5) is 5.69 Å². The van der Waals surface area contributed by atoms with Crippen LogP contribution in [-0.2, 0) is 24.4 Å². The molecule has 36 heavy (non-hydrogen) atoms. The Morgan fingerprint density at radius 2 is 1.44 bits per heavy atom. The Hall–Kier alpha value is -3.19. The SMILES string of the molecule is CN1CCN(Cc2ccc(CN3C(=O)CN(C(=O)c4ccc(Cl)cc4)Cc4ccccc43)cc2)CC1. The third kappa shape index (κ3) is 5.62. The van der Waals surface area contributed by atoms with E-state index in [1.165, 1.54) is 5.56 Å². The Balaban J connectivity index is 1.31. The fourth-order valence-electron chi connectivity index (χ4n) is 4.84. The zero-order valence-electron chi connectivity index (χ0n) is 20.6. The van der Waals surface area contributed by atoms with Gasteiger partial charge >= 0.3 is 0 Å². The molecule has 0 saturated carbocycles. The molecule has 5 rings (SSSR count). The third-order valence-corrected chi connectivity index (χ3v) is 7.27. The molecule has 2 aliphatic rings. The van der Waals surface area contributed by atoms with Crippen LogP contribution in [0.15, 0.2) is 72.8 Å². The van der Waals surface area contributed by atoms with Crippen LogP contribution in [0, 0.1) is 0 Å². The molecule has 3 aromatic rings. The number of amides is 2. The van der Waals surface area contributed by atoms with E-state index in [-0.39, 0.29) is 18.4 Å². The molecule has 2 amide bonds. The van der Waals surface area contributed by atoms with Gasteiger partial charge in [0.1, 0.15) is 6.54 Å². The van der Waals surface area contributed by atoms with Crippen molar-refractivity contribution in [2.24, 2.45) is 0 Å². The fourth-order valence-corrected chi connectivity index (χ4v) is 4.97. The summed E-state index contributed by atoms with van der Waals surface area (Å²) in [4.78, 5) is 34.9. The summed E-state index contributed by atoms with van der Waals surface area (Å²) in [6, 6.07) is 23.2. The molecule has 3 aromatic carbocycles. The standard InChI is InChI=1S/C29H31ClN4O2/c1-31-14-16-32(17-15-31)18-22-6-8-23(9-7-22)19-34-27-5-3-2-4-25(27)20-33(21-28(34)35)29(36)24-10-12-26(30)13-11-24/h2-13H,14-21H2,1H3. The van der Waals surface area contributed by atoms with Crippen LogP contribution in [0.25, 0.3) is 0 Å². The second-order valence-electron chi connectivity index (χ2n) is 9.67. The lowest BCUT2D eigenvalue weighted by Gasteiger charge is -2.32. The van der Waals surface area contributed by atoms with E-state index in [0.717, 1.165) is 49.5 Å². The lowest BCUT2D eigenvalue weighted by atomic mass is 10.1. The van der Waals surface area contributed by atoms with E-state index in [2.05, 4.69) is 41.1 Å². The molecule has 0 unspecified atom stereocenters. The molecule has 0 N–H and O–H groups in total. The Kier molecular flexibility index (Phi) is 7.37. The summed E-state index contributed by atoms with van der Waals surface area (Å²) in [6.45, 7) is 6.19. The number of fused-ring (bicyclic) bond motifs is 1. The van der Waals surface area contributed by atoms with Gasteiger partial charge in [0.2, 0.25) is 5.91 Å². The number of likely N-dealkylation sites (N-methyl/N-ethyl adjacent to an activating group) is 1. The van der Waals surface area contributed by atoms with Gasteiger partial charge in [-0.15, -0.1) is 0 Å². The number of anilines is 1.